The number of esters is 1. The van der Waals surface area contributed by atoms with Gasteiger partial charge in [-0.05, 0) is 31.9 Å². The Balaban J connectivity index is 1.02. The van der Waals surface area contributed by atoms with E-state index in [9.17, 15) is 23.7 Å². The van der Waals surface area contributed by atoms with Crippen LogP contribution in [0.5, 0.6) is 11.5 Å². The molecule has 3 aliphatic heterocycles. The maximum absolute atomic E-state index is 13.2. The molecule has 4 aromatic rings. The van der Waals surface area contributed by atoms with E-state index in [2.05, 4.69) is 15.0 Å². The van der Waals surface area contributed by atoms with E-state index in [-0.39, 0.29) is 36.8 Å². The van der Waals surface area contributed by atoms with E-state index in [1.54, 1.807) is 25.3 Å². The summed E-state index contributed by atoms with van der Waals surface area (Å²) in [5.41, 5.74) is 9.44. The molecule has 0 aliphatic carbocycles. The molecule has 2 saturated heterocycles. The van der Waals surface area contributed by atoms with Gasteiger partial charge in [-0.25, -0.2) is 19.7 Å². The number of nitrogens with two attached hydrogens (primary N) is 1. The lowest BCUT2D eigenvalue weighted by Gasteiger charge is -2.25. The molecule has 2 unspecified atom stereocenters. The van der Waals surface area contributed by atoms with Crippen LogP contribution in [-0.2, 0) is 56.8 Å². The molecule has 2 aromatic carbocycles. The molecule has 18 nitrogen and oxygen atoms in total. The zero-order valence-corrected chi connectivity index (χ0v) is 31.0. The molecule has 7 rings (SSSR count). The van der Waals surface area contributed by atoms with Crippen molar-refractivity contribution in [3.05, 3.63) is 70.8 Å². The molecule has 4 N–H and O–H groups in total. The molecule has 2 aromatic heterocycles. The van der Waals surface area contributed by atoms with Crippen LogP contribution >= 0.6 is 15.2 Å². The number of hydrogen-bond donors (Lipinski definition) is 3. The molecule has 0 spiro atoms. The second-order valence-electron chi connectivity index (χ2n) is 13.2. The highest BCUT2D eigenvalue weighted by atomic mass is 31.2. The Morgan fingerprint density at radius 2 is 1.77 bits per heavy atom. The first-order chi connectivity index (χ1) is 25.2. The zero-order valence-electron chi connectivity index (χ0n) is 29.2. The van der Waals surface area contributed by atoms with Crippen molar-refractivity contribution < 1.29 is 61.2 Å². The third-order valence-electron chi connectivity index (χ3n) is 9.08. The smallest absolute Gasteiger partial charge is 0.342 e. The largest absolute Gasteiger partial charge is 0.496 e. The van der Waals surface area contributed by atoms with Crippen molar-refractivity contribution in [3.63, 3.8) is 0 Å². The summed E-state index contributed by atoms with van der Waals surface area (Å²) in [4.78, 5) is 46.7. The molecule has 53 heavy (non-hydrogen) atoms. The van der Waals surface area contributed by atoms with Gasteiger partial charge in [0.25, 0.3) is 0 Å². The average molecular weight is 776 g/mol. The van der Waals surface area contributed by atoms with E-state index < -0.39 is 70.6 Å². The number of cyclic esters (lactones) is 1. The molecule has 5 heterocycles. The summed E-state index contributed by atoms with van der Waals surface area (Å²) in [6, 6.07) is 9.30. The molecule has 20 heteroatoms. The van der Waals surface area contributed by atoms with Crippen molar-refractivity contribution in [1.29, 1.82) is 0 Å². The molecule has 0 amide bonds. The van der Waals surface area contributed by atoms with E-state index in [1.165, 1.54) is 19.8 Å². The monoisotopic (exact) mass is 775 g/mol. The number of hydrogen-bond acceptors (Lipinski definition) is 15. The summed E-state index contributed by atoms with van der Waals surface area (Å²) < 4.78 is 74.1. The Morgan fingerprint density at radius 1 is 1.04 bits per heavy atom. The molecule has 284 valence electrons. The Bertz CT molecular complexity index is 2130. The first kappa shape index (κ1) is 37.4. The molecule has 0 saturated carbocycles. The number of anilines is 1. The van der Waals surface area contributed by atoms with Gasteiger partial charge in [-0.3, -0.25) is 13.7 Å². The predicted octanol–water partition coefficient (Wildman–Crippen LogP) is 4.00. The van der Waals surface area contributed by atoms with Gasteiger partial charge in [-0.2, -0.15) is 0 Å². The van der Waals surface area contributed by atoms with E-state index in [4.69, 9.17) is 43.2 Å². The standard InChI is InChI=1S/C33H39N5O13P2/c1-18-21-13-46-32(39)23(21)26(45-12-19-8-6-5-7-9-19)20(25(18)44-4)10-11-47-52(40,41)17-53(42,43)48-14-22-27-28(51-33(2,3)50-27)31(49-22)38-16-37-24-29(34)35-15-36-30(24)38/h5-9,15-16,22,27-28,31H,10-14,17H2,1-4H3,(H,40,41)(H,42,43)(H2,34,35,36)/t22-,27-,28-,31-/m1/s1. The number of rotatable bonds is 14. The summed E-state index contributed by atoms with van der Waals surface area (Å²) in [5, 5.41) is 0. The van der Waals surface area contributed by atoms with Gasteiger partial charge < -0.3 is 53.0 Å². The number of carbonyl (C=O) groups is 1. The number of benzene rings is 2. The number of ether oxygens (including phenoxy) is 6. The Morgan fingerprint density at radius 3 is 2.53 bits per heavy atom. The van der Waals surface area contributed by atoms with Gasteiger partial charge in [-0.15, -0.1) is 0 Å². The summed E-state index contributed by atoms with van der Waals surface area (Å²) >= 11 is 0. The van der Waals surface area contributed by atoms with Gasteiger partial charge in [0.1, 0.15) is 60.4 Å². The van der Waals surface area contributed by atoms with Gasteiger partial charge in [-0.1, -0.05) is 30.3 Å². The molecule has 0 radical (unpaired) electrons. The highest BCUT2D eigenvalue weighted by Gasteiger charge is 2.56. The van der Waals surface area contributed by atoms with Crippen LogP contribution in [0.3, 0.4) is 0 Å². The topological polar surface area (TPSA) is 235 Å². The van der Waals surface area contributed by atoms with E-state index in [0.29, 0.717) is 33.6 Å². The third kappa shape index (κ3) is 7.56. The van der Waals surface area contributed by atoms with E-state index in [1.807, 2.05) is 30.3 Å². The minimum atomic E-state index is -4.75. The van der Waals surface area contributed by atoms with Gasteiger partial charge in [0.15, 0.2) is 29.4 Å². The number of carbonyl (C=O) groups excluding carboxylic acids is 1. The summed E-state index contributed by atoms with van der Waals surface area (Å²) in [6.45, 7) is 4.47. The fourth-order valence-corrected chi connectivity index (χ4v) is 10.0. The van der Waals surface area contributed by atoms with Crippen molar-refractivity contribution in [1.82, 2.24) is 19.5 Å². The number of aromatic nitrogens is 4. The highest BCUT2D eigenvalue weighted by Crippen LogP contribution is 2.59. The van der Waals surface area contributed by atoms with Gasteiger partial charge >= 0.3 is 21.2 Å². The first-order valence-electron chi connectivity index (χ1n) is 16.6. The van der Waals surface area contributed by atoms with Crippen LogP contribution in [-0.4, -0.2) is 85.6 Å². The fraction of sp³-hybridized carbons (Fsp3) is 0.455. The number of nitrogen functional groups attached to an aromatic ring is 1. The lowest BCUT2D eigenvalue weighted by molar-refractivity contribution is -0.199. The Labute approximate surface area is 303 Å². The predicted molar refractivity (Wildman–Crippen MR) is 185 cm³/mol. The van der Waals surface area contributed by atoms with Gasteiger partial charge in [0.05, 0.1) is 26.7 Å². The van der Waals surface area contributed by atoms with Crippen molar-refractivity contribution in [3.8, 4) is 11.5 Å². The Kier molecular flexibility index (Phi) is 10.1. The Hall–Kier alpha value is -3.96. The number of imidazole rings is 1. The van der Waals surface area contributed by atoms with Crippen molar-refractivity contribution in [2.45, 2.75) is 70.7 Å². The van der Waals surface area contributed by atoms with E-state index >= 15 is 0 Å². The summed E-state index contributed by atoms with van der Waals surface area (Å²) in [6.07, 6.45) is -0.500. The summed E-state index contributed by atoms with van der Waals surface area (Å²) in [7, 11) is -8.02. The average Bonchev–Trinajstić information content (AvgIpc) is 3.86. The molecule has 6 atom stereocenters. The fourth-order valence-electron chi connectivity index (χ4n) is 6.80. The second-order valence-corrected chi connectivity index (χ2v) is 17.4. The lowest BCUT2D eigenvalue weighted by Crippen LogP contribution is -2.32. The number of methoxy groups -OCH3 is 1. The SMILES string of the molecule is COc1c(C)c2c(c(OCc3ccccc3)c1CCOP(=O)(O)CP(=O)(O)OC[C@H]1O[C@@H](n3cnc4c(N)ncnc43)[C@@H]3OC(C)(C)O[C@@H]31)C(=O)OC2. The van der Waals surface area contributed by atoms with Crippen LogP contribution in [0, 0.1) is 6.92 Å². The maximum atomic E-state index is 13.2. The third-order valence-corrected chi connectivity index (χ3v) is 13.1. The van der Waals surface area contributed by atoms with Crippen LogP contribution in [0.1, 0.15) is 52.7 Å². The zero-order chi connectivity index (χ0) is 37.7. The minimum Gasteiger partial charge on any atom is -0.496 e. The quantitative estimate of drug-likeness (QED) is 0.121. The second kappa shape index (κ2) is 14.4. The number of fused-ring (bicyclic) bond motifs is 3. The first-order valence-corrected chi connectivity index (χ1v) is 20.1. The molecule has 3 aliphatic rings. The maximum Gasteiger partial charge on any atom is 0.342 e. The molecule has 0 bridgehead atoms. The van der Waals surface area contributed by atoms with Crippen molar-refractivity contribution in [2.75, 3.05) is 32.0 Å². The summed E-state index contributed by atoms with van der Waals surface area (Å²) in [5.74, 6) is -2.03. The lowest BCUT2D eigenvalue weighted by atomic mass is 9.95. The molecular weight excluding hydrogens is 736 g/mol. The van der Waals surface area contributed by atoms with Gasteiger partial charge in [0.2, 0.25) is 0 Å². The minimum absolute atomic E-state index is 0.0435. The molecular formula is C33H39N5O13P2. The van der Waals surface area contributed by atoms with Crippen LogP contribution in [0.4, 0.5) is 5.82 Å². The number of nitrogens with zero attached hydrogens (tertiary/aromatic N) is 4. The normalized spacial score (nSPS) is 24.0. The highest BCUT2D eigenvalue weighted by molar-refractivity contribution is 7.70. The van der Waals surface area contributed by atoms with Crippen molar-refractivity contribution >= 4 is 38.1 Å². The van der Waals surface area contributed by atoms with Gasteiger partial charge in [0, 0.05) is 17.5 Å². The molecule has 2 fully saturated rings. The van der Waals surface area contributed by atoms with Crippen molar-refractivity contribution in [2.24, 2.45) is 0 Å². The van der Waals surface area contributed by atoms with Crippen LogP contribution in [0.15, 0.2) is 43.0 Å². The van der Waals surface area contributed by atoms with Crippen LogP contribution < -0.4 is 15.2 Å². The van der Waals surface area contributed by atoms with E-state index in [0.717, 1.165) is 5.56 Å². The van der Waals surface area contributed by atoms with Crippen LogP contribution in [0.25, 0.3) is 11.2 Å². The van der Waals surface area contributed by atoms with Crippen LogP contribution in [0.2, 0.25) is 0 Å².